The Morgan fingerprint density at radius 3 is 2.85 bits per heavy atom. The molecule has 1 aliphatic heterocycles. The van der Waals surface area contributed by atoms with E-state index in [0.717, 1.165) is 6.54 Å². The van der Waals surface area contributed by atoms with Crippen LogP contribution in [0.3, 0.4) is 0 Å². The van der Waals surface area contributed by atoms with Crippen LogP contribution in [-0.4, -0.2) is 66.0 Å². The van der Waals surface area contributed by atoms with Gasteiger partial charge in [0.1, 0.15) is 5.69 Å². The van der Waals surface area contributed by atoms with E-state index in [-0.39, 0.29) is 16.7 Å². The van der Waals surface area contributed by atoms with Crippen molar-refractivity contribution in [3.05, 3.63) is 15.8 Å². The SMILES string of the molecule is Cc1nn(C)c(N2CCOC(CN(C)C)C2)c1[N+](=O)[O-]. The van der Waals surface area contributed by atoms with Gasteiger partial charge in [-0.3, -0.25) is 10.1 Å². The van der Waals surface area contributed by atoms with E-state index in [1.807, 2.05) is 19.0 Å². The molecule has 20 heavy (non-hydrogen) atoms. The predicted octanol–water partition coefficient (Wildman–Crippen LogP) is 0.404. The molecule has 0 saturated carbocycles. The maximum atomic E-state index is 11.2. The number of morpholine rings is 1. The molecule has 0 spiro atoms. The van der Waals surface area contributed by atoms with Gasteiger partial charge in [0.25, 0.3) is 0 Å². The second-order valence-corrected chi connectivity index (χ2v) is 5.34. The summed E-state index contributed by atoms with van der Waals surface area (Å²) in [5.74, 6) is 0.569. The predicted molar refractivity (Wildman–Crippen MR) is 75.1 cm³/mol. The zero-order chi connectivity index (χ0) is 14.9. The summed E-state index contributed by atoms with van der Waals surface area (Å²) in [6.07, 6.45) is 0.0496. The van der Waals surface area contributed by atoms with Gasteiger partial charge in [0.2, 0.25) is 5.82 Å². The third kappa shape index (κ3) is 2.91. The summed E-state index contributed by atoms with van der Waals surface area (Å²) < 4.78 is 7.29. The van der Waals surface area contributed by atoms with Crippen LogP contribution in [0.25, 0.3) is 0 Å². The molecule has 2 rings (SSSR count). The highest BCUT2D eigenvalue weighted by atomic mass is 16.6. The minimum atomic E-state index is -0.353. The highest BCUT2D eigenvalue weighted by Gasteiger charge is 2.31. The van der Waals surface area contributed by atoms with E-state index in [9.17, 15) is 10.1 Å². The number of ether oxygens (including phenoxy) is 1. The number of hydrogen-bond donors (Lipinski definition) is 0. The van der Waals surface area contributed by atoms with Gasteiger partial charge in [-0.05, 0) is 21.0 Å². The zero-order valence-corrected chi connectivity index (χ0v) is 12.4. The Labute approximate surface area is 118 Å². The van der Waals surface area contributed by atoms with Gasteiger partial charge in [0.15, 0.2) is 0 Å². The number of rotatable bonds is 4. The van der Waals surface area contributed by atoms with Crippen molar-refractivity contribution in [2.75, 3.05) is 45.2 Å². The number of nitrogens with zero attached hydrogens (tertiary/aromatic N) is 5. The van der Waals surface area contributed by atoms with Gasteiger partial charge in [0, 0.05) is 26.7 Å². The van der Waals surface area contributed by atoms with Crippen LogP contribution in [0.4, 0.5) is 11.5 Å². The van der Waals surface area contributed by atoms with E-state index in [1.165, 1.54) is 0 Å². The van der Waals surface area contributed by atoms with E-state index < -0.39 is 0 Å². The molecule has 8 heteroatoms. The molecule has 0 N–H and O–H groups in total. The van der Waals surface area contributed by atoms with E-state index in [0.29, 0.717) is 31.2 Å². The minimum Gasteiger partial charge on any atom is -0.373 e. The Morgan fingerprint density at radius 2 is 2.25 bits per heavy atom. The molecular formula is C12H21N5O3. The first-order valence-electron chi connectivity index (χ1n) is 6.59. The van der Waals surface area contributed by atoms with Gasteiger partial charge in [-0.1, -0.05) is 0 Å². The summed E-state index contributed by atoms with van der Waals surface area (Å²) in [7, 11) is 5.71. The van der Waals surface area contributed by atoms with E-state index in [1.54, 1.807) is 18.7 Å². The molecule has 1 fully saturated rings. The molecule has 0 bridgehead atoms. The lowest BCUT2D eigenvalue weighted by Crippen LogP contribution is -2.47. The third-order valence-corrected chi connectivity index (χ3v) is 3.35. The van der Waals surface area contributed by atoms with Crippen LogP contribution < -0.4 is 4.90 Å². The van der Waals surface area contributed by atoms with E-state index in [2.05, 4.69) is 10.00 Å². The van der Waals surface area contributed by atoms with Crippen LogP contribution in [0.2, 0.25) is 0 Å². The van der Waals surface area contributed by atoms with Crippen molar-refractivity contribution in [3.63, 3.8) is 0 Å². The van der Waals surface area contributed by atoms with E-state index >= 15 is 0 Å². The van der Waals surface area contributed by atoms with Crippen LogP contribution in [0, 0.1) is 17.0 Å². The van der Waals surface area contributed by atoms with Gasteiger partial charge in [-0.25, -0.2) is 4.68 Å². The maximum Gasteiger partial charge on any atom is 0.333 e. The minimum absolute atomic E-state index is 0.0496. The lowest BCUT2D eigenvalue weighted by molar-refractivity contribution is -0.384. The van der Waals surface area contributed by atoms with Crippen LogP contribution in [0.15, 0.2) is 0 Å². The molecule has 1 saturated heterocycles. The lowest BCUT2D eigenvalue weighted by atomic mass is 10.2. The molecule has 1 aromatic rings. The Hall–Kier alpha value is -1.67. The Morgan fingerprint density at radius 1 is 1.55 bits per heavy atom. The van der Waals surface area contributed by atoms with Gasteiger partial charge in [-0.2, -0.15) is 5.10 Å². The molecule has 0 aliphatic carbocycles. The van der Waals surface area contributed by atoms with Crippen molar-refractivity contribution in [3.8, 4) is 0 Å². The molecule has 0 amide bonds. The summed E-state index contributed by atoms with van der Waals surface area (Å²) >= 11 is 0. The normalized spacial score (nSPS) is 19.6. The second kappa shape index (κ2) is 5.76. The number of aryl methyl sites for hydroxylation is 2. The average Bonchev–Trinajstić information content (AvgIpc) is 2.63. The molecule has 1 unspecified atom stereocenters. The van der Waals surface area contributed by atoms with Crippen molar-refractivity contribution in [2.24, 2.45) is 7.05 Å². The number of hydrogen-bond acceptors (Lipinski definition) is 6. The Kier molecular flexibility index (Phi) is 4.24. The summed E-state index contributed by atoms with van der Waals surface area (Å²) in [5, 5.41) is 15.4. The largest absolute Gasteiger partial charge is 0.373 e. The third-order valence-electron chi connectivity index (χ3n) is 3.35. The fourth-order valence-electron chi connectivity index (χ4n) is 2.63. The fourth-order valence-corrected chi connectivity index (χ4v) is 2.63. The van der Waals surface area contributed by atoms with Gasteiger partial charge in [0.05, 0.1) is 17.6 Å². The first kappa shape index (κ1) is 14.7. The van der Waals surface area contributed by atoms with Crippen molar-refractivity contribution < 1.29 is 9.66 Å². The Bertz CT molecular complexity index is 500. The molecule has 1 aromatic heterocycles. The summed E-state index contributed by atoms with van der Waals surface area (Å²) in [6.45, 7) is 4.31. The average molecular weight is 283 g/mol. The first-order chi connectivity index (χ1) is 9.40. The monoisotopic (exact) mass is 283 g/mol. The Balaban J connectivity index is 2.25. The fraction of sp³-hybridized carbons (Fsp3) is 0.750. The number of nitro groups is 1. The van der Waals surface area contributed by atoms with Gasteiger partial charge < -0.3 is 14.5 Å². The summed E-state index contributed by atoms with van der Waals surface area (Å²) in [4.78, 5) is 14.9. The molecule has 0 radical (unpaired) electrons. The van der Waals surface area contributed by atoms with Gasteiger partial charge in [-0.15, -0.1) is 0 Å². The molecule has 0 aromatic carbocycles. The quantitative estimate of drug-likeness (QED) is 0.588. The standard InChI is InChI=1S/C12H21N5O3/c1-9-11(17(18)19)12(15(4)13-9)16-5-6-20-10(8-16)7-14(2)3/h10H,5-8H2,1-4H3. The molecule has 1 atom stereocenters. The highest BCUT2D eigenvalue weighted by molar-refractivity contribution is 5.61. The van der Waals surface area contributed by atoms with Crippen molar-refractivity contribution in [1.82, 2.24) is 14.7 Å². The number of aromatic nitrogens is 2. The van der Waals surface area contributed by atoms with Crippen molar-refractivity contribution in [2.45, 2.75) is 13.0 Å². The van der Waals surface area contributed by atoms with Crippen LogP contribution in [0.1, 0.15) is 5.69 Å². The topological polar surface area (TPSA) is 76.7 Å². The second-order valence-electron chi connectivity index (χ2n) is 5.34. The van der Waals surface area contributed by atoms with Gasteiger partial charge >= 0.3 is 5.69 Å². The number of anilines is 1. The van der Waals surface area contributed by atoms with Crippen LogP contribution >= 0.6 is 0 Å². The lowest BCUT2D eigenvalue weighted by Gasteiger charge is -2.34. The smallest absolute Gasteiger partial charge is 0.333 e. The van der Waals surface area contributed by atoms with E-state index in [4.69, 9.17) is 4.74 Å². The molecule has 8 nitrogen and oxygen atoms in total. The number of likely N-dealkylation sites (N-methyl/N-ethyl adjacent to an activating group) is 1. The zero-order valence-electron chi connectivity index (χ0n) is 12.4. The summed E-state index contributed by atoms with van der Waals surface area (Å²) in [5.41, 5.74) is 0.543. The molecule has 112 valence electrons. The van der Waals surface area contributed by atoms with Crippen molar-refractivity contribution >= 4 is 11.5 Å². The van der Waals surface area contributed by atoms with Crippen LogP contribution in [-0.2, 0) is 11.8 Å². The summed E-state index contributed by atoms with van der Waals surface area (Å²) in [6, 6.07) is 0. The molecule has 1 aliphatic rings. The molecule has 2 heterocycles. The van der Waals surface area contributed by atoms with Crippen molar-refractivity contribution in [1.29, 1.82) is 0 Å². The first-order valence-corrected chi connectivity index (χ1v) is 6.59. The van der Waals surface area contributed by atoms with Crippen LogP contribution in [0.5, 0.6) is 0 Å². The molecular weight excluding hydrogens is 262 g/mol. The maximum absolute atomic E-state index is 11.2. The highest BCUT2D eigenvalue weighted by Crippen LogP contribution is 2.31.